The summed E-state index contributed by atoms with van der Waals surface area (Å²) in [5, 5.41) is 4.97. The number of halogens is 2. The third-order valence-corrected chi connectivity index (χ3v) is 6.01. The number of rotatable bonds is 6. The fraction of sp³-hybridized carbons (Fsp3) is 0.120. The monoisotopic (exact) mass is 523 g/mol. The molecule has 0 atom stereocenters. The number of Topliss-reactive ketones (excluding diaryl/α,β-unsaturated/α-hetero) is 1. The number of hydrogen-bond acceptors (Lipinski definition) is 5. The minimum atomic E-state index is -0.785. The van der Waals surface area contributed by atoms with Crippen LogP contribution in [0.1, 0.15) is 32.1 Å². The molecule has 0 bridgehead atoms. The highest BCUT2D eigenvalue weighted by Crippen LogP contribution is 2.27. The molecule has 4 aromatic rings. The quantitative estimate of drug-likeness (QED) is 0.228. The zero-order valence-electron chi connectivity index (χ0n) is 17.9. The van der Waals surface area contributed by atoms with Crippen molar-refractivity contribution in [2.45, 2.75) is 13.8 Å². The topological polar surface area (TPSA) is 74.1 Å². The average Bonchev–Trinajstić information content (AvgIpc) is 3.25. The lowest BCUT2D eigenvalue weighted by molar-refractivity contribution is 0.0462. The normalized spacial score (nSPS) is 10.8. The van der Waals surface area contributed by atoms with Gasteiger partial charge in [0.2, 0.25) is 0 Å². The fourth-order valence-corrected chi connectivity index (χ4v) is 3.63. The highest BCUT2D eigenvalue weighted by Gasteiger charge is 2.22. The van der Waals surface area contributed by atoms with E-state index in [1.165, 1.54) is 0 Å². The lowest BCUT2D eigenvalue weighted by atomic mass is 10.1. The molecule has 0 amide bonds. The summed E-state index contributed by atoms with van der Waals surface area (Å²) in [6.07, 6.45) is 0. The zero-order chi connectivity index (χ0) is 23.5. The Hall–Kier alpha value is -3.29. The molecular weight excluding hydrogens is 506 g/mol. The molecular formula is C25H19BrClN3O3. The van der Waals surface area contributed by atoms with E-state index in [0.29, 0.717) is 22.1 Å². The lowest BCUT2D eigenvalue weighted by Gasteiger charge is -2.10. The van der Waals surface area contributed by atoms with Crippen LogP contribution >= 0.6 is 27.5 Å². The maximum Gasteiger partial charge on any atom is 0.378 e. The minimum Gasteiger partial charge on any atom is -0.451 e. The summed E-state index contributed by atoms with van der Waals surface area (Å²) in [5.41, 5.74) is 3.80. The van der Waals surface area contributed by atoms with E-state index in [-0.39, 0.29) is 11.6 Å². The van der Waals surface area contributed by atoms with Crippen LogP contribution in [-0.2, 0) is 4.74 Å². The highest BCUT2D eigenvalue weighted by molar-refractivity contribution is 9.10. The molecule has 0 N–H and O–H groups in total. The molecule has 0 spiro atoms. The number of aromatic nitrogens is 3. The molecule has 3 aromatic carbocycles. The van der Waals surface area contributed by atoms with Crippen molar-refractivity contribution in [3.05, 3.63) is 98.7 Å². The van der Waals surface area contributed by atoms with Gasteiger partial charge < -0.3 is 4.74 Å². The minimum absolute atomic E-state index is 0.145. The highest BCUT2D eigenvalue weighted by atomic mass is 79.9. The Bertz CT molecular complexity index is 1330. The van der Waals surface area contributed by atoms with Gasteiger partial charge in [0.15, 0.2) is 18.2 Å². The number of benzene rings is 3. The average molecular weight is 525 g/mol. The van der Waals surface area contributed by atoms with Crippen LogP contribution in [0, 0.1) is 13.8 Å². The SMILES string of the molecule is Cc1ccc(-c2nc(C(=O)OCC(=O)c3ccc(Br)cc3)nn2-c2cccc(Cl)c2C)cc1. The van der Waals surface area contributed by atoms with Gasteiger partial charge in [0.05, 0.1) is 5.69 Å². The molecule has 6 nitrogen and oxygen atoms in total. The molecule has 1 heterocycles. The standard InChI is InChI=1S/C25H19BrClN3O3/c1-15-6-8-18(9-7-15)24-28-23(29-30(24)21-5-3-4-20(27)16(21)2)25(32)33-14-22(31)17-10-12-19(26)13-11-17/h3-13H,14H2,1-2H3. The van der Waals surface area contributed by atoms with Crippen LogP contribution in [0.15, 0.2) is 71.2 Å². The second-order valence-electron chi connectivity index (χ2n) is 7.43. The number of ketones is 1. The number of ether oxygens (including phenoxy) is 1. The Kier molecular flexibility index (Phi) is 6.72. The van der Waals surface area contributed by atoms with E-state index in [2.05, 4.69) is 26.0 Å². The van der Waals surface area contributed by atoms with Crippen LogP contribution in [0.4, 0.5) is 0 Å². The molecule has 0 aliphatic carbocycles. The Labute approximate surface area is 204 Å². The molecule has 4 rings (SSSR count). The van der Waals surface area contributed by atoms with Crippen LogP contribution in [0.2, 0.25) is 5.02 Å². The third-order valence-electron chi connectivity index (χ3n) is 5.07. The van der Waals surface area contributed by atoms with Crippen molar-refractivity contribution >= 4 is 39.3 Å². The van der Waals surface area contributed by atoms with Gasteiger partial charge in [-0.15, -0.1) is 5.10 Å². The first-order chi connectivity index (χ1) is 15.8. The first-order valence-corrected chi connectivity index (χ1v) is 11.3. The zero-order valence-corrected chi connectivity index (χ0v) is 20.2. The van der Waals surface area contributed by atoms with E-state index in [1.54, 1.807) is 41.1 Å². The molecule has 0 fully saturated rings. The van der Waals surface area contributed by atoms with Crippen molar-refractivity contribution in [2.24, 2.45) is 0 Å². The largest absolute Gasteiger partial charge is 0.451 e. The lowest BCUT2D eigenvalue weighted by Crippen LogP contribution is -2.15. The van der Waals surface area contributed by atoms with Gasteiger partial charge in [-0.05, 0) is 43.7 Å². The number of nitrogens with zero attached hydrogens (tertiary/aromatic N) is 3. The van der Waals surface area contributed by atoms with E-state index in [9.17, 15) is 9.59 Å². The summed E-state index contributed by atoms with van der Waals surface area (Å²) in [6, 6.07) is 20.0. The summed E-state index contributed by atoms with van der Waals surface area (Å²) in [4.78, 5) is 29.5. The van der Waals surface area contributed by atoms with Crippen molar-refractivity contribution in [2.75, 3.05) is 6.61 Å². The van der Waals surface area contributed by atoms with Crippen LogP contribution in [0.3, 0.4) is 0 Å². The fourth-order valence-electron chi connectivity index (χ4n) is 3.20. The van der Waals surface area contributed by atoms with Gasteiger partial charge in [0.25, 0.3) is 5.82 Å². The summed E-state index contributed by atoms with van der Waals surface area (Å²) < 4.78 is 7.64. The van der Waals surface area contributed by atoms with Gasteiger partial charge >= 0.3 is 5.97 Å². The summed E-state index contributed by atoms with van der Waals surface area (Å²) in [7, 11) is 0. The van der Waals surface area contributed by atoms with E-state index < -0.39 is 12.6 Å². The van der Waals surface area contributed by atoms with E-state index in [1.807, 2.05) is 44.2 Å². The number of carbonyl (C=O) groups is 2. The van der Waals surface area contributed by atoms with Gasteiger partial charge in [-0.1, -0.05) is 75.6 Å². The van der Waals surface area contributed by atoms with Gasteiger partial charge in [0.1, 0.15) is 0 Å². The van der Waals surface area contributed by atoms with E-state index in [0.717, 1.165) is 21.2 Å². The second-order valence-corrected chi connectivity index (χ2v) is 8.75. The Morgan fingerprint density at radius 1 is 1.00 bits per heavy atom. The molecule has 166 valence electrons. The molecule has 33 heavy (non-hydrogen) atoms. The molecule has 0 aliphatic rings. The third kappa shape index (κ3) is 5.05. The predicted octanol–water partition coefficient (Wildman–Crippen LogP) is 6.01. The van der Waals surface area contributed by atoms with Gasteiger partial charge in [-0.3, -0.25) is 4.79 Å². The van der Waals surface area contributed by atoms with Crippen LogP contribution in [0.25, 0.3) is 17.1 Å². The Morgan fingerprint density at radius 3 is 2.39 bits per heavy atom. The molecule has 0 saturated heterocycles. The van der Waals surface area contributed by atoms with Crippen molar-refractivity contribution < 1.29 is 14.3 Å². The second kappa shape index (κ2) is 9.68. The molecule has 0 aliphatic heterocycles. The molecule has 0 saturated carbocycles. The van der Waals surface area contributed by atoms with Crippen molar-refractivity contribution in [1.29, 1.82) is 0 Å². The van der Waals surface area contributed by atoms with Gasteiger partial charge in [-0.2, -0.15) is 0 Å². The number of hydrogen-bond donors (Lipinski definition) is 0. The summed E-state index contributed by atoms with van der Waals surface area (Å²) >= 11 is 9.64. The van der Waals surface area contributed by atoms with Crippen LogP contribution < -0.4 is 0 Å². The maximum absolute atomic E-state index is 12.7. The first-order valence-electron chi connectivity index (χ1n) is 10.1. The number of carbonyl (C=O) groups excluding carboxylic acids is 2. The van der Waals surface area contributed by atoms with Crippen LogP contribution in [0.5, 0.6) is 0 Å². The smallest absolute Gasteiger partial charge is 0.378 e. The predicted molar refractivity (Wildman–Crippen MR) is 130 cm³/mol. The summed E-state index contributed by atoms with van der Waals surface area (Å²) in [6.45, 7) is 3.44. The first kappa shape index (κ1) is 22.9. The Morgan fingerprint density at radius 2 is 1.70 bits per heavy atom. The summed E-state index contributed by atoms with van der Waals surface area (Å²) in [5.74, 6) is -0.785. The van der Waals surface area contributed by atoms with Crippen molar-refractivity contribution in [1.82, 2.24) is 14.8 Å². The van der Waals surface area contributed by atoms with Crippen molar-refractivity contribution in [3.63, 3.8) is 0 Å². The number of aryl methyl sites for hydroxylation is 1. The molecule has 1 aromatic heterocycles. The van der Waals surface area contributed by atoms with Gasteiger partial charge in [0, 0.05) is 20.6 Å². The van der Waals surface area contributed by atoms with E-state index >= 15 is 0 Å². The van der Waals surface area contributed by atoms with Crippen LogP contribution in [-0.4, -0.2) is 33.1 Å². The Balaban J connectivity index is 1.65. The number of esters is 1. The maximum atomic E-state index is 12.7. The molecule has 0 radical (unpaired) electrons. The van der Waals surface area contributed by atoms with Crippen molar-refractivity contribution in [3.8, 4) is 17.1 Å². The van der Waals surface area contributed by atoms with E-state index in [4.69, 9.17) is 16.3 Å². The molecule has 0 unspecified atom stereocenters. The van der Waals surface area contributed by atoms with Gasteiger partial charge in [-0.25, -0.2) is 14.5 Å². The molecule has 8 heteroatoms.